The molecule has 2 aromatic rings. The molecular formula is C20H16F4N2O2. The number of amides is 1. The fraction of sp³-hybridized carbons (Fsp3) is 0.400. The number of ether oxygens (including phenoxy) is 1. The van der Waals surface area contributed by atoms with Crippen LogP contribution in [0.4, 0.5) is 23.2 Å². The highest BCUT2D eigenvalue weighted by molar-refractivity contribution is 5.95. The lowest BCUT2D eigenvalue weighted by Crippen LogP contribution is -2.54. The van der Waals surface area contributed by atoms with Crippen molar-refractivity contribution < 1.29 is 27.1 Å². The second-order valence-electron chi connectivity index (χ2n) is 7.80. The van der Waals surface area contributed by atoms with Crippen molar-refractivity contribution in [3.05, 3.63) is 59.7 Å². The zero-order valence-electron chi connectivity index (χ0n) is 14.5. The Morgan fingerprint density at radius 2 is 2.00 bits per heavy atom. The van der Waals surface area contributed by atoms with Gasteiger partial charge in [-0.25, -0.2) is 4.98 Å². The minimum absolute atomic E-state index is 0.0783. The van der Waals surface area contributed by atoms with Crippen molar-refractivity contribution in [1.82, 2.24) is 4.98 Å². The fourth-order valence-corrected chi connectivity index (χ4v) is 5.14. The zero-order valence-corrected chi connectivity index (χ0v) is 14.5. The van der Waals surface area contributed by atoms with E-state index < -0.39 is 35.1 Å². The van der Waals surface area contributed by atoms with Gasteiger partial charge in [0, 0.05) is 17.8 Å². The maximum atomic E-state index is 13.6. The first-order valence-electron chi connectivity index (χ1n) is 9.04. The molecule has 1 aliphatic carbocycles. The van der Waals surface area contributed by atoms with Crippen molar-refractivity contribution in [3.63, 3.8) is 0 Å². The van der Waals surface area contributed by atoms with Gasteiger partial charge >= 0.3 is 6.18 Å². The van der Waals surface area contributed by atoms with Crippen LogP contribution < -0.4 is 5.32 Å². The zero-order chi connectivity index (χ0) is 19.7. The molecule has 1 spiro atoms. The molecule has 1 aromatic carbocycles. The van der Waals surface area contributed by atoms with Crippen molar-refractivity contribution >= 4 is 11.6 Å². The summed E-state index contributed by atoms with van der Waals surface area (Å²) < 4.78 is 58.6. The Morgan fingerprint density at radius 3 is 2.71 bits per heavy atom. The summed E-state index contributed by atoms with van der Waals surface area (Å²) in [5, 5.41) is 2.62. The molecule has 4 heterocycles. The summed E-state index contributed by atoms with van der Waals surface area (Å²) in [6.07, 6.45) is -1.82. The lowest BCUT2D eigenvalue weighted by atomic mass is 9.54. The van der Waals surface area contributed by atoms with Gasteiger partial charge in [0.1, 0.15) is 0 Å². The minimum Gasteiger partial charge on any atom is -0.370 e. The van der Waals surface area contributed by atoms with E-state index in [9.17, 15) is 22.4 Å². The van der Waals surface area contributed by atoms with Crippen molar-refractivity contribution in [2.75, 3.05) is 5.32 Å². The maximum Gasteiger partial charge on any atom is 0.416 e. The summed E-state index contributed by atoms with van der Waals surface area (Å²) in [5.74, 6) is -1.63. The third kappa shape index (κ3) is 2.54. The first-order chi connectivity index (χ1) is 13.3. The second-order valence-corrected chi connectivity index (χ2v) is 7.80. The number of hydrogen-bond acceptors (Lipinski definition) is 3. The number of hydrogen-bond donors (Lipinski definition) is 1. The normalized spacial score (nSPS) is 32.9. The van der Waals surface area contributed by atoms with Gasteiger partial charge in [0.05, 0.1) is 23.2 Å². The number of alkyl halides is 3. The molecule has 1 saturated carbocycles. The highest BCUT2D eigenvalue weighted by Gasteiger charge is 2.73. The summed E-state index contributed by atoms with van der Waals surface area (Å²) in [7, 11) is 0. The van der Waals surface area contributed by atoms with Crippen LogP contribution >= 0.6 is 0 Å². The molecule has 1 aromatic heterocycles. The predicted molar refractivity (Wildman–Crippen MR) is 90.8 cm³/mol. The first kappa shape index (κ1) is 17.6. The predicted octanol–water partition coefficient (Wildman–Crippen LogP) is 4.14. The molecule has 146 valence electrons. The highest BCUT2D eigenvalue weighted by Crippen LogP contribution is 2.68. The third-order valence-corrected chi connectivity index (χ3v) is 6.21. The van der Waals surface area contributed by atoms with Gasteiger partial charge in [-0.3, -0.25) is 4.79 Å². The van der Waals surface area contributed by atoms with Gasteiger partial charge in [-0.1, -0.05) is 6.07 Å². The van der Waals surface area contributed by atoms with E-state index in [1.807, 2.05) is 0 Å². The molecule has 3 atom stereocenters. The van der Waals surface area contributed by atoms with Crippen molar-refractivity contribution in [2.45, 2.75) is 36.6 Å². The number of carbonyl (C=O) groups excluding carboxylic acids is 1. The molecule has 0 unspecified atom stereocenters. The Balaban J connectivity index is 1.45. The standard InChI is InChI=1S/C20H16F4N2O2/c21-14-6-10(4-5-25-14)15-16(19-8-11(9-19)17(15)28-19)18(27)26-13-3-1-2-12(7-13)20(22,23)24/h1-7,11,15-17H,8-9H2,(H,26,27)/t11?,15-,16+,17+,19?/m1/s1. The molecule has 4 nitrogen and oxygen atoms in total. The molecule has 3 aliphatic heterocycles. The summed E-state index contributed by atoms with van der Waals surface area (Å²) in [5.41, 5.74) is -0.725. The highest BCUT2D eigenvalue weighted by atomic mass is 19.4. The van der Waals surface area contributed by atoms with Crippen LogP contribution in [0.3, 0.4) is 0 Å². The van der Waals surface area contributed by atoms with E-state index in [0.717, 1.165) is 25.0 Å². The Kier molecular flexibility index (Phi) is 3.62. The number of aromatic nitrogens is 1. The molecule has 4 fully saturated rings. The third-order valence-electron chi connectivity index (χ3n) is 6.21. The quantitative estimate of drug-likeness (QED) is 0.631. The van der Waals surface area contributed by atoms with E-state index in [2.05, 4.69) is 10.3 Å². The van der Waals surface area contributed by atoms with Crippen LogP contribution in [0.25, 0.3) is 0 Å². The average Bonchev–Trinajstić information content (AvgIpc) is 3.26. The summed E-state index contributed by atoms with van der Waals surface area (Å²) >= 11 is 0. The Hall–Kier alpha value is -2.48. The van der Waals surface area contributed by atoms with Gasteiger partial charge in [0.25, 0.3) is 0 Å². The first-order valence-corrected chi connectivity index (χ1v) is 9.04. The van der Waals surface area contributed by atoms with Crippen LogP contribution in [0.2, 0.25) is 0 Å². The van der Waals surface area contributed by atoms with E-state index in [0.29, 0.717) is 11.5 Å². The van der Waals surface area contributed by atoms with Crippen LogP contribution in [0, 0.1) is 17.8 Å². The fourth-order valence-electron chi connectivity index (χ4n) is 5.14. The van der Waals surface area contributed by atoms with Gasteiger partial charge in [-0.05, 0) is 54.7 Å². The molecule has 1 amide bonds. The van der Waals surface area contributed by atoms with E-state index in [1.165, 1.54) is 24.4 Å². The van der Waals surface area contributed by atoms with E-state index in [-0.39, 0.29) is 17.7 Å². The van der Waals surface area contributed by atoms with Gasteiger partial charge in [0.15, 0.2) is 0 Å². The van der Waals surface area contributed by atoms with E-state index >= 15 is 0 Å². The van der Waals surface area contributed by atoms with Crippen LogP contribution in [0.5, 0.6) is 0 Å². The van der Waals surface area contributed by atoms with E-state index in [1.54, 1.807) is 6.07 Å². The topological polar surface area (TPSA) is 51.2 Å². The van der Waals surface area contributed by atoms with Crippen molar-refractivity contribution in [2.24, 2.45) is 11.8 Å². The molecule has 1 N–H and O–H groups in total. The number of nitrogens with zero attached hydrogens (tertiary/aromatic N) is 1. The number of nitrogens with one attached hydrogen (secondary N) is 1. The maximum absolute atomic E-state index is 13.6. The summed E-state index contributed by atoms with van der Waals surface area (Å²) in [4.78, 5) is 16.6. The van der Waals surface area contributed by atoms with Crippen LogP contribution in [-0.4, -0.2) is 22.6 Å². The molecular weight excluding hydrogens is 376 g/mol. The van der Waals surface area contributed by atoms with Gasteiger partial charge in [0.2, 0.25) is 11.9 Å². The number of rotatable bonds is 3. The molecule has 3 bridgehead atoms. The smallest absolute Gasteiger partial charge is 0.370 e. The van der Waals surface area contributed by atoms with Gasteiger partial charge in [-0.2, -0.15) is 17.6 Å². The van der Waals surface area contributed by atoms with Gasteiger partial charge < -0.3 is 10.1 Å². The lowest BCUT2D eigenvalue weighted by Gasteiger charge is -2.47. The van der Waals surface area contributed by atoms with Gasteiger partial charge in [-0.15, -0.1) is 0 Å². The lowest BCUT2D eigenvalue weighted by molar-refractivity contribution is -0.137. The Labute approximate surface area is 157 Å². The largest absolute Gasteiger partial charge is 0.416 e. The number of anilines is 1. The molecule has 6 rings (SSSR count). The number of pyridine rings is 1. The SMILES string of the molecule is O=C(Nc1cccc(C(F)(F)F)c1)[C@@H]1[C@@H](c2ccnc(F)c2)[C@H]2OC13CC2C3. The molecule has 28 heavy (non-hydrogen) atoms. The minimum atomic E-state index is -4.49. The Bertz CT molecular complexity index is 955. The molecule has 4 aliphatic rings. The summed E-state index contributed by atoms with van der Waals surface area (Å²) in [6.45, 7) is 0. The monoisotopic (exact) mass is 392 g/mol. The van der Waals surface area contributed by atoms with Crippen molar-refractivity contribution in [3.8, 4) is 0 Å². The van der Waals surface area contributed by atoms with Crippen LogP contribution in [-0.2, 0) is 15.7 Å². The number of benzene rings is 1. The molecule has 3 saturated heterocycles. The van der Waals surface area contributed by atoms with Crippen LogP contribution in [0.15, 0.2) is 42.6 Å². The second kappa shape index (κ2) is 5.76. The average molecular weight is 392 g/mol. The Morgan fingerprint density at radius 1 is 1.21 bits per heavy atom. The number of halogens is 4. The molecule has 8 heteroatoms. The van der Waals surface area contributed by atoms with Crippen LogP contribution in [0.1, 0.15) is 29.9 Å². The summed E-state index contributed by atoms with van der Waals surface area (Å²) in [6, 6.07) is 7.50. The molecule has 0 radical (unpaired) electrons. The van der Waals surface area contributed by atoms with Crippen molar-refractivity contribution in [1.29, 1.82) is 0 Å². The number of carbonyl (C=O) groups is 1. The van der Waals surface area contributed by atoms with E-state index in [4.69, 9.17) is 4.74 Å².